The van der Waals surface area contributed by atoms with Crippen molar-refractivity contribution in [1.29, 1.82) is 0 Å². The molecule has 1 N–H and O–H groups in total. The summed E-state index contributed by atoms with van der Waals surface area (Å²) in [6.07, 6.45) is -1.66. The van der Waals surface area contributed by atoms with Crippen LogP contribution < -0.4 is 5.32 Å². The summed E-state index contributed by atoms with van der Waals surface area (Å²) < 4.78 is 44.6. The van der Waals surface area contributed by atoms with Crippen molar-refractivity contribution in [1.82, 2.24) is 4.90 Å². The van der Waals surface area contributed by atoms with Crippen molar-refractivity contribution in [3.05, 3.63) is 51.2 Å². The molecule has 0 aliphatic heterocycles. The quantitative estimate of drug-likeness (QED) is 0.664. The van der Waals surface area contributed by atoms with E-state index in [4.69, 9.17) is 4.74 Å². The lowest BCUT2D eigenvalue weighted by molar-refractivity contribution is -0.137. The number of para-hydroxylation sites is 1. The molecule has 1 aliphatic carbocycles. The van der Waals surface area contributed by atoms with Gasteiger partial charge in [-0.1, -0.05) is 19.1 Å². The van der Waals surface area contributed by atoms with Crippen LogP contribution in [0.25, 0.3) is 0 Å². The van der Waals surface area contributed by atoms with Crippen LogP contribution in [-0.2, 0) is 28.5 Å². The second-order valence-electron chi connectivity index (χ2n) is 7.72. The first-order valence-corrected chi connectivity index (χ1v) is 10.9. The van der Waals surface area contributed by atoms with Gasteiger partial charge in [0.05, 0.1) is 22.7 Å². The zero-order valence-corrected chi connectivity index (χ0v) is 18.2. The number of rotatable bonds is 7. The molecule has 1 aliphatic rings. The van der Waals surface area contributed by atoms with Gasteiger partial charge in [-0.25, -0.2) is 0 Å². The molecule has 0 fully saturated rings. The van der Waals surface area contributed by atoms with Crippen LogP contribution in [-0.4, -0.2) is 43.5 Å². The molecule has 1 atom stereocenters. The third-order valence-corrected chi connectivity index (χ3v) is 6.46. The van der Waals surface area contributed by atoms with Gasteiger partial charge in [0.2, 0.25) is 5.91 Å². The maximum Gasteiger partial charge on any atom is 0.418 e. The van der Waals surface area contributed by atoms with Crippen molar-refractivity contribution in [3.8, 4) is 0 Å². The standard InChI is InChI=1S/C22H25F3N2O3S/c1-14-7-8-18-15(11-14)12-19(31-18)21(29)27(9-10-30-2)13-20(28)26-17-6-4-3-5-16(17)22(23,24)25/h3-6,12,14H,7-11,13H2,1-2H3,(H,26,28). The van der Waals surface area contributed by atoms with E-state index in [-0.39, 0.29) is 31.3 Å². The van der Waals surface area contributed by atoms with Crippen LogP contribution >= 0.6 is 11.3 Å². The summed E-state index contributed by atoms with van der Waals surface area (Å²) >= 11 is 1.43. The Hall–Kier alpha value is -2.39. The Balaban J connectivity index is 1.74. The summed E-state index contributed by atoms with van der Waals surface area (Å²) in [7, 11) is 1.48. The fourth-order valence-corrected chi connectivity index (χ4v) is 4.80. The molecule has 9 heteroatoms. The topological polar surface area (TPSA) is 58.6 Å². The molecule has 1 aromatic heterocycles. The summed E-state index contributed by atoms with van der Waals surface area (Å²) in [5.41, 5.74) is -0.0970. The first kappa shape index (κ1) is 23.3. The van der Waals surface area contributed by atoms with Crippen LogP contribution in [0.15, 0.2) is 30.3 Å². The molecule has 31 heavy (non-hydrogen) atoms. The molecule has 2 aromatic rings. The molecule has 0 saturated heterocycles. The van der Waals surface area contributed by atoms with E-state index in [0.717, 1.165) is 25.3 Å². The number of hydrogen-bond donors (Lipinski definition) is 1. The molecule has 1 aromatic carbocycles. The third-order valence-electron chi connectivity index (χ3n) is 5.23. The molecule has 0 saturated carbocycles. The van der Waals surface area contributed by atoms with Crippen LogP contribution in [0.2, 0.25) is 0 Å². The summed E-state index contributed by atoms with van der Waals surface area (Å²) in [5, 5.41) is 2.29. The van der Waals surface area contributed by atoms with Crippen molar-refractivity contribution in [3.63, 3.8) is 0 Å². The van der Waals surface area contributed by atoms with Gasteiger partial charge in [0, 0.05) is 18.5 Å². The van der Waals surface area contributed by atoms with Crippen molar-refractivity contribution in [2.45, 2.75) is 32.4 Å². The van der Waals surface area contributed by atoms with Gasteiger partial charge in [-0.2, -0.15) is 13.2 Å². The SMILES string of the molecule is COCCN(CC(=O)Nc1ccccc1C(F)(F)F)C(=O)c1cc2c(s1)CCC(C)C2. The number of carbonyl (C=O) groups is 2. The average molecular weight is 455 g/mol. The molecule has 1 heterocycles. The Morgan fingerprint density at radius 1 is 1.29 bits per heavy atom. The molecule has 0 bridgehead atoms. The molecular weight excluding hydrogens is 429 g/mol. The first-order chi connectivity index (χ1) is 14.7. The fraction of sp³-hybridized carbons (Fsp3) is 0.455. The molecule has 5 nitrogen and oxygen atoms in total. The molecule has 2 amide bonds. The largest absolute Gasteiger partial charge is 0.418 e. The normalized spacial score (nSPS) is 16.0. The van der Waals surface area contributed by atoms with E-state index >= 15 is 0 Å². The minimum Gasteiger partial charge on any atom is -0.383 e. The number of halogens is 3. The maximum absolute atomic E-state index is 13.2. The Labute approximate surface area is 183 Å². The Kier molecular flexibility index (Phi) is 7.38. The van der Waals surface area contributed by atoms with E-state index in [0.29, 0.717) is 10.8 Å². The second-order valence-corrected chi connectivity index (χ2v) is 8.85. The van der Waals surface area contributed by atoms with Gasteiger partial charge < -0.3 is 15.0 Å². The zero-order chi connectivity index (χ0) is 22.6. The van der Waals surface area contributed by atoms with Gasteiger partial charge >= 0.3 is 6.18 Å². The zero-order valence-electron chi connectivity index (χ0n) is 17.4. The van der Waals surface area contributed by atoms with E-state index in [1.807, 2.05) is 6.07 Å². The van der Waals surface area contributed by atoms with Crippen LogP contribution in [0.5, 0.6) is 0 Å². The Morgan fingerprint density at radius 3 is 2.74 bits per heavy atom. The van der Waals surface area contributed by atoms with E-state index in [1.165, 1.54) is 52.0 Å². The molecule has 168 valence electrons. The highest BCUT2D eigenvalue weighted by Crippen LogP contribution is 2.35. The minimum atomic E-state index is -4.59. The highest BCUT2D eigenvalue weighted by atomic mass is 32.1. The predicted molar refractivity (Wildman–Crippen MR) is 113 cm³/mol. The van der Waals surface area contributed by atoms with Crippen molar-refractivity contribution in [2.24, 2.45) is 5.92 Å². The fourth-order valence-electron chi connectivity index (χ4n) is 3.62. The summed E-state index contributed by atoms with van der Waals surface area (Å²) in [6, 6.07) is 6.65. The molecule has 0 spiro atoms. The van der Waals surface area contributed by atoms with Crippen LogP contribution in [0.4, 0.5) is 18.9 Å². The van der Waals surface area contributed by atoms with Crippen molar-refractivity contribution in [2.75, 3.05) is 32.1 Å². The first-order valence-electron chi connectivity index (χ1n) is 10.0. The molecule has 3 rings (SSSR count). The van der Waals surface area contributed by atoms with Gasteiger partial charge in [-0.05, 0) is 48.9 Å². The summed E-state index contributed by atoms with van der Waals surface area (Å²) in [6.45, 7) is 2.17. The number of alkyl halides is 3. The summed E-state index contributed by atoms with van der Waals surface area (Å²) in [4.78, 5) is 28.7. The van der Waals surface area contributed by atoms with Crippen LogP contribution in [0.1, 0.15) is 39.0 Å². The highest BCUT2D eigenvalue weighted by Gasteiger charge is 2.34. The third kappa shape index (κ3) is 5.86. The number of nitrogens with zero attached hydrogens (tertiary/aromatic N) is 1. The highest BCUT2D eigenvalue weighted by molar-refractivity contribution is 7.14. The van der Waals surface area contributed by atoms with Crippen LogP contribution in [0.3, 0.4) is 0 Å². The molecular formula is C22H25F3N2O3S. The number of amides is 2. The lowest BCUT2D eigenvalue weighted by atomic mass is 9.90. The number of fused-ring (bicyclic) bond motifs is 1. The number of methoxy groups -OCH3 is 1. The van der Waals surface area contributed by atoms with Gasteiger partial charge in [0.1, 0.15) is 6.54 Å². The van der Waals surface area contributed by atoms with E-state index in [1.54, 1.807) is 0 Å². The average Bonchev–Trinajstić information content (AvgIpc) is 3.13. The Morgan fingerprint density at radius 2 is 2.03 bits per heavy atom. The number of aryl methyl sites for hydroxylation is 1. The van der Waals surface area contributed by atoms with Gasteiger partial charge in [0.15, 0.2) is 0 Å². The number of ether oxygens (including phenoxy) is 1. The lowest BCUT2D eigenvalue weighted by Crippen LogP contribution is -2.39. The smallest absolute Gasteiger partial charge is 0.383 e. The van der Waals surface area contributed by atoms with Crippen LogP contribution in [0, 0.1) is 5.92 Å². The number of hydrogen-bond acceptors (Lipinski definition) is 4. The number of nitrogens with one attached hydrogen (secondary N) is 1. The summed E-state index contributed by atoms with van der Waals surface area (Å²) in [5.74, 6) is -0.450. The van der Waals surface area contributed by atoms with Gasteiger partial charge in [0.25, 0.3) is 5.91 Å². The molecule has 1 unspecified atom stereocenters. The van der Waals surface area contributed by atoms with E-state index in [2.05, 4.69) is 12.2 Å². The van der Waals surface area contributed by atoms with E-state index < -0.39 is 17.6 Å². The monoisotopic (exact) mass is 454 g/mol. The number of carbonyl (C=O) groups excluding carboxylic acids is 2. The van der Waals surface area contributed by atoms with Gasteiger partial charge in [-0.3, -0.25) is 9.59 Å². The second kappa shape index (κ2) is 9.82. The van der Waals surface area contributed by atoms with Gasteiger partial charge in [-0.15, -0.1) is 11.3 Å². The van der Waals surface area contributed by atoms with E-state index in [9.17, 15) is 22.8 Å². The predicted octanol–water partition coefficient (Wildman–Crippen LogP) is 4.62. The number of thiophene rings is 1. The minimum absolute atomic E-state index is 0.155. The Bertz CT molecular complexity index is 942. The maximum atomic E-state index is 13.2. The van der Waals surface area contributed by atoms with Crippen molar-refractivity contribution < 1.29 is 27.5 Å². The number of benzene rings is 1. The lowest BCUT2D eigenvalue weighted by Gasteiger charge is -2.22. The number of anilines is 1. The van der Waals surface area contributed by atoms with Crippen molar-refractivity contribution >= 4 is 28.8 Å². The molecule has 0 radical (unpaired) electrons.